The topological polar surface area (TPSA) is 38.5 Å². The van der Waals surface area contributed by atoms with E-state index in [4.69, 9.17) is 10.5 Å². The molecular formula is C12H23ClN2O. The van der Waals surface area contributed by atoms with Gasteiger partial charge in [-0.25, -0.2) is 0 Å². The monoisotopic (exact) mass is 246 g/mol. The van der Waals surface area contributed by atoms with Gasteiger partial charge in [-0.1, -0.05) is 0 Å². The molecule has 0 amide bonds. The van der Waals surface area contributed by atoms with Gasteiger partial charge in [-0.05, 0) is 37.0 Å². The lowest BCUT2D eigenvalue weighted by Gasteiger charge is -2.21. The number of ether oxygens (including phenoxy) is 1. The lowest BCUT2D eigenvalue weighted by molar-refractivity contribution is 0.171. The van der Waals surface area contributed by atoms with E-state index in [-0.39, 0.29) is 12.4 Å². The molecular weight excluding hydrogens is 224 g/mol. The van der Waals surface area contributed by atoms with Crippen molar-refractivity contribution in [3.63, 3.8) is 0 Å². The molecule has 0 spiro atoms. The van der Waals surface area contributed by atoms with Crippen molar-refractivity contribution in [2.75, 3.05) is 32.8 Å². The fraction of sp³-hybridized carbons (Fsp3) is 1.00. The highest BCUT2D eigenvalue weighted by Crippen LogP contribution is 2.37. The summed E-state index contributed by atoms with van der Waals surface area (Å²) < 4.78 is 5.43. The van der Waals surface area contributed by atoms with Crippen LogP contribution in [0.25, 0.3) is 0 Å². The van der Waals surface area contributed by atoms with E-state index in [9.17, 15) is 0 Å². The van der Waals surface area contributed by atoms with Crippen molar-refractivity contribution >= 4 is 12.4 Å². The van der Waals surface area contributed by atoms with Crippen LogP contribution in [0, 0.1) is 17.8 Å². The van der Waals surface area contributed by atoms with E-state index < -0.39 is 0 Å². The van der Waals surface area contributed by atoms with Crippen molar-refractivity contribution in [3.8, 4) is 0 Å². The van der Waals surface area contributed by atoms with Crippen molar-refractivity contribution < 1.29 is 4.74 Å². The molecule has 0 radical (unpaired) electrons. The molecule has 4 unspecified atom stereocenters. The Morgan fingerprint density at radius 1 is 1.19 bits per heavy atom. The van der Waals surface area contributed by atoms with Crippen LogP contribution in [0.2, 0.25) is 0 Å². The number of hydrogen-bond acceptors (Lipinski definition) is 3. The molecule has 3 rings (SSSR count). The van der Waals surface area contributed by atoms with E-state index in [0.717, 1.165) is 31.0 Å². The number of rotatable bonds is 2. The van der Waals surface area contributed by atoms with Crippen LogP contribution in [-0.4, -0.2) is 43.8 Å². The van der Waals surface area contributed by atoms with Gasteiger partial charge in [0.25, 0.3) is 0 Å². The fourth-order valence-electron chi connectivity index (χ4n) is 3.64. The Bertz CT molecular complexity index is 231. The van der Waals surface area contributed by atoms with E-state index in [1.165, 1.54) is 38.9 Å². The van der Waals surface area contributed by atoms with Crippen molar-refractivity contribution in [3.05, 3.63) is 0 Å². The number of likely N-dealkylation sites (tertiary alicyclic amines) is 1. The Kier molecular flexibility index (Phi) is 4.11. The first-order valence-corrected chi connectivity index (χ1v) is 6.38. The average Bonchev–Trinajstić information content (AvgIpc) is 2.88. The molecule has 2 N–H and O–H groups in total. The first-order chi connectivity index (χ1) is 7.33. The van der Waals surface area contributed by atoms with Gasteiger partial charge in [0.05, 0.1) is 6.61 Å². The first-order valence-electron chi connectivity index (χ1n) is 6.38. The van der Waals surface area contributed by atoms with Crippen LogP contribution in [0.15, 0.2) is 0 Å². The van der Waals surface area contributed by atoms with Gasteiger partial charge in [-0.15, -0.1) is 12.4 Å². The third-order valence-electron chi connectivity index (χ3n) is 4.53. The largest absolute Gasteiger partial charge is 0.381 e. The predicted molar refractivity (Wildman–Crippen MR) is 66.8 cm³/mol. The zero-order valence-corrected chi connectivity index (χ0v) is 10.6. The van der Waals surface area contributed by atoms with Gasteiger partial charge < -0.3 is 15.4 Å². The molecule has 3 aliphatic rings. The summed E-state index contributed by atoms with van der Waals surface area (Å²) in [6.07, 6.45) is 3.89. The van der Waals surface area contributed by atoms with Gasteiger partial charge in [-0.2, -0.15) is 0 Å². The minimum absolute atomic E-state index is 0. The van der Waals surface area contributed by atoms with Gasteiger partial charge in [0.2, 0.25) is 0 Å². The lowest BCUT2D eigenvalue weighted by Crippen LogP contribution is -2.32. The second kappa shape index (κ2) is 5.21. The molecule has 0 aromatic rings. The molecule has 0 aromatic carbocycles. The number of fused-ring (bicyclic) bond motifs is 1. The maximum absolute atomic E-state index is 6.14. The van der Waals surface area contributed by atoms with Crippen molar-refractivity contribution in [1.82, 2.24) is 4.90 Å². The van der Waals surface area contributed by atoms with Crippen LogP contribution in [0.4, 0.5) is 0 Å². The molecule has 4 heteroatoms. The average molecular weight is 247 g/mol. The Morgan fingerprint density at radius 2 is 2.06 bits per heavy atom. The molecule has 1 saturated carbocycles. The molecule has 4 atom stereocenters. The third kappa shape index (κ3) is 2.37. The SMILES string of the molecule is Cl.NC1CCC2CN(CC3CCOC3)CC12. The molecule has 0 aromatic heterocycles. The van der Waals surface area contributed by atoms with E-state index in [0.29, 0.717) is 6.04 Å². The second-order valence-corrected chi connectivity index (χ2v) is 5.61. The summed E-state index contributed by atoms with van der Waals surface area (Å²) in [5, 5.41) is 0. The number of nitrogens with two attached hydrogens (primary N) is 1. The van der Waals surface area contributed by atoms with Gasteiger partial charge >= 0.3 is 0 Å². The lowest BCUT2D eigenvalue weighted by atomic mass is 9.98. The minimum atomic E-state index is 0. The maximum atomic E-state index is 6.14. The summed E-state index contributed by atoms with van der Waals surface area (Å²) in [4.78, 5) is 2.63. The summed E-state index contributed by atoms with van der Waals surface area (Å²) in [7, 11) is 0. The minimum Gasteiger partial charge on any atom is -0.381 e. The summed E-state index contributed by atoms with van der Waals surface area (Å²) in [6.45, 7) is 5.76. The Morgan fingerprint density at radius 3 is 2.75 bits per heavy atom. The molecule has 1 aliphatic carbocycles. The molecule has 16 heavy (non-hydrogen) atoms. The number of nitrogens with zero attached hydrogens (tertiary/aromatic N) is 1. The van der Waals surface area contributed by atoms with Gasteiger partial charge in [0.1, 0.15) is 0 Å². The zero-order chi connectivity index (χ0) is 10.3. The van der Waals surface area contributed by atoms with Crippen LogP contribution in [0.5, 0.6) is 0 Å². The molecule has 2 saturated heterocycles. The molecule has 94 valence electrons. The van der Waals surface area contributed by atoms with Crippen LogP contribution in [0.3, 0.4) is 0 Å². The summed E-state index contributed by atoms with van der Waals surface area (Å²) >= 11 is 0. The van der Waals surface area contributed by atoms with Crippen LogP contribution in [0.1, 0.15) is 19.3 Å². The van der Waals surface area contributed by atoms with Crippen LogP contribution >= 0.6 is 12.4 Å². The van der Waals surface area contributed by atoms with Crippen molar-refractivity contribution in [2.24, 2.45) is 23.5 Å². The van der Waals surface area contributed by atoms with E-state index in [1.54, 1.807) is 0 Å². The molecule has 2 aliphatic heterocycles. The van der Waals surface area contributed by atoms with Crippen LogP contribution in [-0.2, 0) is 4.74 Å². The predicted octanol–water partition coefficient (Wildman–Crippen LogP) is 1.11. The van der Waals surface area contributed by atoms with Gasteiger partial charge in [-0.3, -0.25) is 0 Å². The summed E-state index contributed by atoms with van der Waals surface area (Å²) in [5.74, 6) is 2.50. The van der Waals surface area contributed by atoms with E-state index >= 15 is 0 Å². The van der Waals surface area contributed by atoms with Gasteiger partial charge in [0, 0.05) is 32.3 Å². The first kappa shape index (κ1) is 12.6. The Hall–Kier alpha value is 0.170. The van der Waals surface area contributed by atoms with Crippen molar-refractivity contribution in [2.45, 2.75) is 25.3 Å². The standard InChI is InChI=1S/C12H22N2O.ClH/c13-12-2-1-10-6-14(7-11(10)12)5-9-3-4-15-8-9;/h9-12H,1-8,13H2;1H. The third-order valence-corrected chi connectivity index (χ3v) is 4.53. The zero-order valence-electron chi connectivity index (χ0n) is 9.81. The van der Waals surface area contributed by atoms with Gasteiger partial charge in [0.15, 0.2) is 0 Å². The van der Waals surface area contributed by atoms with Crippen LogP contribution < -0.4 is 5.73 Å². The van der Waals surface area contributed by atoms with E-state index in [2.05, 4.69) is 4.90 Å². The van der Waals surface area contributed by atoms with E-state index in [1.807, 2.05) is 0 Å². The molecule has 3 fully saturated rings. The highest BCUT2D eigenvalue weighted by atomic mass is 35.5. The molecule has 3 nitrogen and oxygen atoms in total. The highest BCUT2D eigenvalue weighted by Gasteiger charge is 2.41. The fourth-order valence-corrected chi connectivity index (χ4v) is 3.64. The highest BCUT2D eigenvalue weighted by molar-refractivity contribution is 5.85. The Labute approximate surface area is 104 Å². The number of hydrogen-bond donors (Lipinski definition) is 1. The molecule has 2 heterocycles. The summed E-state index contributed by atoms with van der Waals surface area (Å²) in [5.41, 5.74) is 6.14. The summed E-state index contributed by atoms with van der Waals surface area (Å²) in [6, 6.07) is 0.486. The maximum Gasteiger partial charge on any atom is 0.0507 e. The quantitative estimate of drug-likeness (QED) is 0.794. The second-order valence-electron chi connectivity index (χ2n) is 5.61. The number of halogens is 1. The smallest absolute Gasteiger partial charge is 0.0507 e. The Balaban J connectivity index is 0.000000963. The normalized spacial score (nSPS) is 43.3. The molecule has 0 bridgehead atoms. The van der Waals surface area contributed by atoms with Crippen molar-refractivity contribution in [1.29, 1.82) is 0 Å².